The maximum Gasteiger partial charge on any atom is 0.303 e. The zero-order chi connectivity index (χ0) is 15.4. The smallest absolute Gasteiger partial charge is 0.303 e. The van der Waals surface area contributed by atoms with Crippen molar-refractivity contribution in [3.05, 3.63) is 33.3 Å². The summed E-state index contributed by atoms with van der Waals surface area (Å²) in [4.78, 5) is 13.3. The van der Waals surface area contributed by atoms with Gasteiger partial charge < -0.3 is 5.11 Å². The Morgan fingerprint density at radius 2 is 2.29 bits per heavy atom. The largest absolute Gasteiger partial charge is 0.481 e. The van der Waals surface area contributed by atoms with Crippen molar-refractivity contribution in [2.24, 2.45) is 0 Å². The van der Waals surface area contributed by atoms with Gasteiger partial charge in [0, 0.05) is 28.0 Å². The van der Waals surface area contributed by atoms with E-state index in [1.54, 1.807) is 0 Å². The maximum absolute atomic E-state index is 10.8. The molecule has 1 aliphatic heterocycles. The zero-order valence-electron chi connectivity index (χ0n) is 12.2. The van der Waals surface area contributed by atoms with Gasteiger partial charge in [-0.3, -0.25) is 9.69 Å². The monoisotopic (exact) mass is 373 g/mol. The van der Waals surface area contributed by atoms with E-state index in [2.05, 4.69) is 33.8 Å². The third-order valence-corrected chi connectivity index (χ3v) is 5.09. The lowest BCUT2D eigenvalue weighted by Gasteiger charge is -2.40. The summed E-state index contributed by atoms with van der Waals surface area (Å²) in [7, 11) is 0. The standard InChI is InChI=1S/C16H21BrClNO2/c1-11(14-7-5-12(17)10-15(14)18)19-9-3-2-4-13(19)6-8-16(20)21/h5,7,10-11,13H,2-4,6,8-9H2,1H3,(H,20,21). The van der Waals surface area contributed by atoms with E-state index < -0.39 is 5.97 Å². The lowest BCUT2D eigenvalue weighted by molar-refractivity contribution is -0.137. The van der Waals surface area contributed by atoms with Gasteiger partial charge in [0.1, 0.15) is 0 Å². The fourth-order valence-electron chi connectivity index (χ4n) is 3.15. The number of benzene rings is 1. The molecule has 5 heteroatoms. The number of hydrogen-bond donors (Lipinski definition) is 1. The molecule has 1 aliphatic rings. The van der Waals surface area contributed by atoms with Gasteiger partial charge in [0.15, 0.2) is 0 Å². The highest BCUT2D eigenvalue weighted by Gasteiger charge is 2.28. The summed E-state index contributed by atoms with van der Waals surface area (Å²) < 4.78 is 0.976. The molecule has 1 aromatic carbocycles. The highest BCUT2D eigenvalue weighted by molar-refractivity contribution is 9.10. The van der Waals surface area contributed by atoms with Crippen LogP contribution in [0, 0.1) is 0 Å². The number of carboxylic acid groups (broad SMARTS) is 1. The topological polar surface area (TPSA) is 40.5 Å². The number of likely N-dealkylation sites (tertiary alicyclic amines) is 1. The second kappa shape index (κ2) is 7.61. The Bertz CT molecular complexity index is 509. The van der Waals surface area contributed by atoms with Gasteiger partial charge >= 0.3 is 5.97 Å². The molecule has 2 rings (SSSR count). The molecule has 1 heterocycles. The number of nitrogens with zero attached hydrogens (tertiary/aromatic N) is 1. The van der Waals surface area contributed by atoms with Crippen LogP contribution in [0.1, 0.15) is 50.6 Å². The van der Waals surface area contributed by atoms with Crippen molar-refractivity contribution in [1.82, 2.24) is 4.90 Å². The molecule has 1 N–H and O–H groups in total. The van der Waals surface area contributed by atoms with Gasteiger partial charge in [0.2, 0.25) is 0 Å². The molecule has 0 aromatic heterocycles. The van der Waals surface area contributed by atoms with Crippen LogP contribution < -0.4 is 0 Å². The Hall–Kier alpha value is -0.580. The summed E-state index contributed by atoms with van der Waals surface area (Å²) in [5.74, 6) is -0.713. The minimum Gasteiger partial charge on any atom is -0.481 e. The molecular formula is C16H21BrClNO2. The first-order chi connectivity index (χ1) is 9.99. The second-order valence-corrected chi connectivity index (χ2v) is 6.98. The number of carbonyl (C=O) groups is 1. The average molecular weight is 375 g/mol. The summed E-state index contributed by atoms with van der Waals surface area (Å²) in [6, 6.07) is 6.53. The maximum atomic E-state index is 10.8. The van der Waals surface area contributed by atoms with Crippen LogP contribution in [0.25, 0.3) is 0 Å². The zero-order valence-corrected chi connectivity index (χ0v) is 14.5. The minimum absolute atomic E-state index is 0.213. The van der Waals surface area contributed by atoms with Crippen LogP contribution in [0.2, 0.25) is 5.02 Å². The predicted molar refractivity (Wildman–Crippen MR) is 88.8 cm³/mol. The number of carboxylic acids is 1. The predicted octanol–water partition coefficient (Wildman–Crippen LogP) is 4.88. The molecule has 0 radical (unpaired) electrons. The van der Waals surface area contributed by atoms with Crippen LogP contribution in [0.15, 0.2) is 22.7 Å². The van der Waals surface area contributed by atoms with E-state index in [0.29, 0.717) is 12.5 Å². The number of halogens is 2. The first-order valence-corrected chi connectivity index (χ1v) is 8.58. The molecule has 2 atom stereocenters. The van der Waals surface area contributed by atoms with Crippen LogP contribution >= 0.6 is 27.5 Å². The highest BCUT2D eigenvalue weighted by atomic mass is 79.9. The lowest BCUT2D eigenvalue weighted by atomic mass is 9.94. The fraction of sp³-hybridized carbons (Fsp3) is 0.562. The van der Waals surface area contributed by atoms with E-state index in [4.69, 9.17) is 16.7 Å². The van der Waals surface area contributed by atoms with Gasteiger partial charge in [-0.2, -0.15) is 0 Å². The van der Waals surface area contributed by atoms with Gasteiger partial charge in [-0.1, -0.05) is 40.0 Å². The molecule has 1 fully saturated rings. The Labute approximate surface area is 139 Å². The number of piperidine rings is 1. The second-order valence-electron chi connectivity index (χ2n) is 5.66. The van der Waals surface area contributed by atoms with Crippen LogP contribution in [-0.4, -0.2) is 28.6 Å². The number of hydrogen-bond acceptors (Lipinski definition) is 2. The van der Waals surface area contributed by atoms with Crippen molar-refractivity contribution >= 4 is 33.5 Å². The molecule has 0 spiro atoms. The molecular weight excluding hydrogens is 354 g/mol. The SMILES string of the molecule is CC(c1ccc(Br)cc1Cl)N1CCCCC1CCC(=O)O. The summed E-state index contributed by atoms with van der Waals surface area (Å²) in [6.45, 7) is 3.17. The molecule has 0 bridgehead atoms. The summed E-state index contributed by atoms with van der Waals surface area (Å²) >= 11 is 9.80. The Morgan fingerprint density at radius 1 is 1.52 bits per heavy atom. The highest BCUT2D eigenvalue weighted by Crippen LogP contribution is 2.34. The third kappa shape index (κ3) is 4.44. The molecule has 0 amide bonds. The van der Waals surface area contributed by atoms with Crippen LogP contribution in [-0.2, 0) is 4.79 Å². The van der Waals surface area contributed by atoms with E-state index in [1.165, 1.54) is 12.8 Å². The van der Waals surface area contributed by atoms with Crippen LogP contribution in [0.5, 0.6) is 0 Å². The fourth-order valence-corrected chi connectivity index (χ4v) is 3.98. The van der Waals surface area contributed by atoms with Crippen molar-refractivity contribution in [2.75, 3.05) is 6.54 Å². The average Bonchev–Trinajstić information content (AvgIpc) is 2.45. The van der Waals surface area contributed by atoms with E-state index in [9.17, 15) is 4.79 Å². The van der Waals surface area contributed by atoms with Gasteiger partial charge in [0.25, 0.3) is 0 Å². The quantitative estimate of drug-likeness (QED) is 0.798. The van der Waals surface area contributed by atoms with Gasteiger partial charge in [-0.25, -0.2) is 0 Å². The first kappa shape index (κ1) is 16.8. The van der Waals surface area contributed by atoms with Crippen molar-refractivity contribution in [2.45, 2.75) is 51.1 Å². The van der Waals surface area contributed by atoms with E-state index in [-0.39, 0.29) is 12.5 Å². The molecule has 0 aliphatic carbocycles. The van der Waals surface area contributed by atoms with E-state index >= 15 is 0 Å². The van der Waals surface area contributed by atoms with Crippen molar-refractivity contribution in [3.63, 3.8) is 0 Å². The molecule has 116 valence electrons. The Kier molecular flexibility index (Phi) is 6.08. The molecule has 3 nitrogen and oxygen atoms in total. The summed E-state index contributed by atoms with van der Waals surface area (Å²) in [5.41, 5.74) is 1.11. The normalized spacial score (nSPS) is 21.2. The number of aliphatic carboxylic acids is 1. The van der Waals surface area contributed by atoms with Crippen molar-refractivity contribution < 1.29 is 9.90 Å². The van der Waals surface area contributed by atoms with Crippen molar-refractivity contribution in [1.29, 1.82) is 0 Å². The minimum atomic E-state index is -0.713. The molecule has 2 unspecified atom stereocenters. The Morgan fingerprint density at radius 3 is 2.95 bits per heavy atom. The first-order valence-electron chi connectivity index (χ1n) is 7.41. The third-order valence-electron chi connectivity index (χ3n) is 4.27. The number of rotatable bonds is 5. The summed E-state index contributed by atoms with van der Waals surface area (Å²) in [5, 5.41) is 9.68. The molecule has 0 saturated carbocycles. The van der Waals surface area contributed by atoms with Crippen LogP contribution in [0.4, 0.5) is 0 Å². The van der Waals surface area contributed by atoms with Crippen molar-refractivity contribution in [3.8, 4) is 0 Å². The molecule has 1 saturated heterocycles. The Balaban J connectivity index is 2.13. The molecule has 21 heavy (non-hydrogen) atoms. The lowest BCUT2D eigenvalue weighted by Crippen LogP contribution is -2.41. The molecule has 1 aromatic rings. The van der Waals surface area contributed by atoms with Gasteiger partial charge in [-0.15, -0.1) is 0 Å². The van der Waals surface area contributed by atoms with Gasteiger partial charge in [0.05, 0.1) is 0 Å². The summed E-state index contributed by atoms with van der Waals surface area (Å²) in [6.07, 6.45) is 4.38. The van der Waals surface area contributed by atoms with E-state index in [1.807, 2.05) is 12.1 Å². The van der Waals surface area contributed by atoms with Gasteiger partial charge in [-0.05, 0) is 50.4 Å². The van der Waals surface area contributed by atoms with E-state index in [0.717, 1.165) is 28.0 Å². The van der Waals surface area contributed by atoms with Crippen LogP contribution in [0.3, 0.4) is 0 Å².